The zero-order chi connectivity index (χ0) is 14.2. The van der Waals surface area contributed by atoms with Crippen molar-refractivity contribution in [1.82, 2.24) is 10.3 Å². The predicted molar refractivity (Wildman–Crippen MR) is 78.8 cm³/mol. The van der Waals surface area contributed by atoms with E-state index in [1.54, 1.807) is 18.3 Å². The van der Waals surface area contributed by atoms with E-state index in [9.17, 15) is 4.79 Å². The summed E-state index contributed by atoms with van der Waals surface area (Å²) >= 11 is 0. The maximum Gasteiger partial charge on any atom is 0.253 e. The summed E-state index contributed by atoms with van der Waals surface area (Å²) in [7, 11) is 0. The molecule has 2 rings (SSSR count). The van der Waals surface area contributed by atoms with Gasteiger partial charge in [-0.1, -0.05) is 6.08 Å². The van der Waals surface area contributed by atoms with Gasteiger partial charge in [0.25, 0.3) is 5.91 Å². The van der Waals surface area contributed by atoms with Gasteiger partial charge < -0.3 is 15.4 Å². The molecule has 0 radical (unpaired) electrons. The van der Waals surface area contributed by atoms with E-state index in [2.05, 4.69) is 22.2 Å². The Morgan fingerprint density at radius 3 is 3.10 bits per heavy atom. The Balaban J connectivity index is 1.75. The molecule has 108 valence electrons. The fraction of sp³-hybridized carbons (Fsp3) is 0.467. The molecule has 1 saturated heterocycles. The van der Waals surface area contributed by atoms with Crippen LogP contribution in [0.15, 0.2) is 31.0 Å². The SMILES string of the molecule is C=CCNC(=O)c1ccc(NCC[C@H]2CCCO2)nc1. The molecule has 0 bridgehead atoms. The fourth-order valence-electron chi connectivity index (χ4n) is 2.13. The summed E-state index contributed by atoms with van der Waals surface area (Å²) in [6.07, 6.45) is 6.91. The van der Waals surface area contributed by atoms with Crippen LogP contribution in [-0.4, -0.2) is 36.7 Å². The van der Waals surface area contributed by atoms with Gasteiger partial charge in [-0.05, 0) is 31.4 Å². The van der Waals surface area contributed by atoms with Crippen LogP contribution in [-0.2, 0) is 4.74 Å². The molecule has 2 N–H and O–H groups in total. The van der Waals surface area contributed by atoms with Crippen molar-refractivity contribution < 1.29 is 9.53 Å². The minimum absolute atomic E-state index is 0.136. The number of anilines is 1. The molecule has 1 aromatic rings. The highest BCUT2D eigenvalue weighted by molar-refractivity contribution is 5.94. The van der Waals surface area contributed by atoms with Crippen LogP contribution in [0.25, 0.3) is 0 Å². The first-order valence-corrected chi connectivity index (χ1v) is 7.00. The van der Waals surface area contributed by atoms with Gasteiger partial charge in [0.15, 0.2) is 0 Å². The first-order valence-electron chi connectivity index (χ1n) is 7.00. The van der Waals surface area contributed by atoms with Crippen molar-refractivity contribution in [2.75, 3.05) is 25.0 Å². The number of nitrogens with one attached hydrogen (secondary N) is 2. The van der Waals surface area contributed by atoms with Gasteiger partial charge in [-0.2, -0.15) is 0 Å². The van der Waals surface area contributed by atoms with Crippen molar-refractivity contribution >= 4 is 11.7 Å². The average molecular weight is 275 g/mol. The normalized spacial score (nSPS) is 17.7. The number of aromatic nitrogens is 1. The Kier molecular flexibility index (Phi) is 5.55. The van der Waals surface area contributed by atoms with Crippen molar-refractivity contribution in [3.63, 3.8) is 0 Å². The van der Waals surface area contributed by atoms with Crippen molar-refractivity contribution in [3.8, 4) is 0 Å². The van der Waals surface area contributed by atoms with Crippen molar-refractivity contribution in [1.29, 1.82) is 0 Å². The van der Waals surface area contributed by atoms with Crippen LogP contribution < -0.4 is 10.6 Å². The van der Waals surface area contributed by atoms with E-state index in [4.69, 9.17) is 4.74 Å². The summed E-state index contributed by atoms with van der Waals surface area (Å²) in [6.45, 7) is 5.73. The highest BCUT2D eigenvalue weighted by atomic mass is 16.5. The molecular formula is C15H21N3O2. The highest BCUT2D eigenvalue weighted by Crippen LogP contribution is 2.15. The lowest BCUT2D eigenvalue weighted by molar-refractivity contribution is 0.0957. The number of ether oxygens (including phenoxy) is 1. The largest absolute Gasteiger partial charge is 0.378 e. The number of amides is 1. The predicted octanol–water partition coefficient (Wildman–Crippen LogP) is 1.98. The van der Waals surface area contributed by atoms with Crippen LogP contribution in [0.5, 0.6) is 0 Å². The third kappa shape index (κ3) is 4.35. The van der Waals surface area contributed by atoms with E-state index in [-0.39, 0.29) is 5.91 Å². The second-order valence-electron chi connectivity index (χ2n) is 4.78. The molecule has 1 atom stereocenters. The number of carbonyl (C=O) groups excluding carboxylic acids is 1. The first kappa shape index (κ1) is 14.5. The van der Waals surface area contributed by atoms with Crippen molar-refractivity contribution in [2.45, 2.75) is 25.4 Å². The number of pyridine rings is 1. The number of carbonyl (C=O) groups is 1. The molecular weight excluding hydrogens is 254 g/mol. The summed E-state index contributed by atoms with van der Waals surface area (Å²) in [5, 5.41) is 5.96. The van der Waals surface area contributed by atoms with Crippen LogP contribution in [0.1, 0.15) is 29.6 Å². The Labute approximate surface area is 119 Å². The lowest BCUT2D eigenvalue weighted by Gasteiger charge is -2.10. The molecule has 0 saturated carbocycles. The zero-order valence-corrected chi connectivity index (χ0v) is 11.6. The third-order valence-corrected chi connectivity index (χ3v) is 3.23. The molecule has 1 aromatic heterocycles. The molecule has 1 aliphatic heterocycles. The molecule has 1 fully saturated rings. The molecule has 0 aliphatic carbocycles. The van der Waals surface area contributed by atoms with E-state index in [0.717, 1.165) is 38.2 Å². The fourth-order valence-corrected chi connectivity index (χ4v) is 2.13. The summed E-state index contributed by atoms with van der Waals surface area (Å²) in [4.78, 5) is 15.9. The maximum absolute atomic E-state index is 11.7. The second kappa shape index (κ2) is 7.65. The summed E-state index contributed by atoms with van der Waals surface area (Å²) < 4.78 is 5.56. The summed E-state index contributed by atoms with van der Waals surface area (Å²) in [5.41, 5.74) is 0.552. The highest BCUT2D eigenvalue weighted by Gasteiger charge is 2.14. The molecule has 2 heterocycles. The van der Waals surface area contributed by atoms with Crippen LogP contribution in [0.3, 0.4) is 0 Å². The zero-order valence-electron chi connectivity index (χ0n) is 11.6. The minimum atomic E-state index is -0.136. The van der Waals surface area contributed by atoms with E-state index in [0.29, 0.717) is 18.2 Å². The first-order chi connectivity index (χ1) is 9.79. The molecule has 20 heavy (non-hydrogen) atoms. The summed E-state index contributed by atoms with van der Waals surface area (Å²) in [6, 6.07) is 3.58. The van der Waals surface area contributed by atoms with Gasteiger partial charge in [-0.25, -0.2) is 4.98 Å². The second-order valence-corrected chi connectivity index (χ2v) is 4.78. The Morgan fingerprint density at radius 1 is 1.55 bits per heavy atom. The standard InChI is InChI=1S/C15H21N3O2/c1-2-8-17-15(19)12-5-6-14(18-11-12)16-9-7-13-4-3-10-20-13/h2,5-6,11,13H,1,3-4,7-10H2,(H,16,18)(H,17,19)/t13-/m1/s1. The van der Waals surface area contributed by atoms with E-state index < -0.39 is 0 Å². The van der Waals surface area contributed by atoms with Gasteiger partial charge in [0.2, 0.25) is 0 Å². The Hall–Kier alpha value is -1.88. The third-order valence-electron chi connectivity index (χ3n) is 3.23. The topological polar surface area (TPSA) is 63.2 Å². The molecule has 0 unspecified atom stereocenters. The number of hydrogen-bond donors (Lipinski definition) is 2. The van der Waals surface area contributed by atoms with E-state index >= 15 is 0 Å². The quantitative estimate of drug-likeness (QED) is 0.747. The Bertz CT molecular complexity index is 439. The lowest BCUT2D eigenvalue weighted by atomic mass is 10.2. The van der Waals surface area contributed by atoms with Crippen LogP contribution in [0.2, 0.25) is 0 Å². The number of rotatable bonds is 7. The maximum atomic E-state index is 11.7. The van der Waals surface area contributed by atoms with Crippen LogP contribution in [0.4, 0.5) is 5.82 Å². The number of nitrogens with zero attached hydrogens (tertiary/aromatic N) is 1. The van der Waals surface area contributed by atoms with Crippen LogP contribution in [0, 0.1) is 0 Å². The van der Waals surface area contributed by atoms with Gasteiger partial charge in [0.1, 0.15) is 5.82 Å². The molecule has 0 spiro atoms. The van der Waals surface area contributed by atoms with E-state index in [1.165, 1.54) is 0 Å². The van der Waals surface area contributed by atoms with Gasteiger partial charge >= 0.3 is 0 Å². The average Bonchev–Trinajstić information content (AvgIpc) is 2.99. The van der Waals surface area contributed by atoms with Gasteiger partial charge in [-0.3, -0.25) is 4.79 Å². The van der Waals surface area contributed by atoms with Gasteiger partial charge in [-0.15, -0.1) is 6.58 Å². The molecule has 0 aromatic carbocycles. The van der Waals surface area contributed by atoms with Crippen molar-refractivity contribution in [3.05, 3.63) is 36.5 Å². The van der Waals surface area contributed by atoms with E-state index in [1.807, 2.05) is 6.07 Å². The molecule has 5 heteroatoms. The van der Waals surface area contributed by atoms with Crippen LogP contribution >= 0.6 is 0 Å². The monoisotopic (exact) mass is 275 g/mol. The van der Waals surface area contributed by atoms with Gasteiger partial charge in [0, 0.05) is 25.9 Å². The lowest BCUT2D eigenvalue weighted by Crippen LogP contribution is -2.23. The molecule has 1 amide bonds. The smallest absolute Gasteiger partial charge is 0.253 e. The summed E-state index contributed by atoms with van der Waals surface area (Å²) in [5.74, 6) is 0.645. The molecule has 1 aliphatic rings. The minimum Gasteiger partial charge on any atom is -0.378 e. The van der Waals surface area contributed by atoms with Crippen molar-refractivity contribution in [2.24, 2.45) is 0 Å². The number of hydrogen-bond acceptors (Lipinski definition) is 4. The molecule has 5 nitrogen and oxygen atoms in total. The Morgan fingerprint density at radius 2 is 2.45 bits per heavy atom. The van der Waals surface area contributed by atoms with Gasteiger partial charge in [0.05, 0.1) is 11.7 Å².